The molecule has 0 spiro atoms. The van der Waals surface area contributed by atoms with Crippen LogP contribution in [0.4, 0.5) is 0 Å². The fraction of sp³-hybridized carbons (Fsp3) is 0.851. The highest BCUT2D eigenvalue weighted by Crippen LogP contribution is 2.43. The van der Waals surface area contributed by atoms with Gasteiger partial charge in [0, 0.05) is 12.8 Å². The monoisotopic (exact) mass is 1100 g/mol. The number of carbonyl (C=O) groups excluding carboxylic acids is 2. The van der Waals surface area contributed by atoms with Crippen LogP contribution in [0.25, 0.3) is 0 Å². The second-order valence-electron chi connectivity index (χ2n) is 23.6. The van der Waals surface area contributed by atoms with Crippen molar-refractivity contribution in [2.75, 3.05) is 40.9 Å². The fourth-order valence-corrected chi connectivity index (χ4v) is 10.3. The Morgan fingerprint density at radius 1 is 0.455 bits per heavy atom. The first kappa shape index (κ1) is 75.0. The van der Waals surface area contributed by atoms with Crippen molar-refractivity contribution in [1.82, 2.24) is 5.32 Å². The number of phosphoric acid groups is 1. The van der Waals surface area contributed by atoms with Crippen LogP contribution >= 0.6 is 7.82 Å². The smallest absolute Gasteiger partial charge is 0.456 e. The molecule has 0 aliphatic heterocycles. The van der Waals surface area contributed by atoms with Crippen LogP contribution in [0, 0.1) is 0 Å². The van der Waals surface area contributed by atoms with Crippen LogP contribution in [0.1, 0.15) is 316 Å². The van der Waals surface area contributed by atoms with E-state index < -0.39 is 20.0 Å². The third-order valence-corrected chi connectivity index (χ3v) is 15.7. The predicted octanol–water partition coefficient (Wildman–Crippen LogP) is 20.5. The minimum atomic E-state index is -4.45. The number of hydrogen-bond donors (Lipinski definition) is 2. The lowest BCUT2D eigenvalue weighted by Gasteiger charge is -2.27. The Kier molecular flexibility index (Phi) is 55.7. The molecule has 9 nitrogen and oxygen atoms in total. The Morgan fingerprint density at radius 2 is 0.792 bits per heavy atom. The molecule has 1 amide bonds. The zero-order valence-corrected chi connectivity index (χ0v) is 52.6. The van der Waals surface area contributed by atoms with Crippen LogP contribution in [0.15, 0.2) is 48.6 Å². The highest BCUT2D eigenvalue weighted by molar-refractivity contribution is 7.47. The standard InChI is InChI=1S/C67H127N2O7P/c1-7-10-13-16-19-22-25-27-29-31-33-34-36-37-39-41-44-47-50-53-56-59-66(70)68-64(63-75-77(72,73)74-62-61-69(4,5)6)65(58-55-52-49-46-43-24-21-18-15-12-9-3)76-67(71)60-57-54-51-48-45-42-40-38-35-32-30-28-26-23-20-17-14-11-8-2/h19,22,27-30,55,58,64-65H,7-18,20-21,23-26,31-54,56-57,59-63H2,1-6H3,(H-,68,70,72,73)/p+1/b22-19-,29-27-,30-28+,58-55+. The molecule has 77 heavy (non-hydrogen) atoms. The first-order valence-corrected chi connectivity index (χ1v) is 34.5. The van der Waals surface area contributed by atoms with Gasteiger partial charge in [0.15, 0.2) is 0 Å². The van der Waals surface area contributed by atoms with Gasteiger partial charge in [-0.1, -0.05) is 262 Å². The molecule has 10 heteroatoms. The van der Waals surface area contributed by atoms with Crippen molar-refractivity contribution in [3.05, 3.63) is 48.6 Å². The Balaban J connectivity index is 5.13. The second-order valence-corrected chi connectivity index (χ2v) is 25.1. The van der Waals surface area contributed by atoms with Crippen molar-refractivity contribution in [3.63, 3.8) is 0 Å². The molecular weight excluding hydrogens is 976 g/mol. The van der Waals surface area contributed by atoms with Gasteiger partial charge in [0.25, 0.3) is 0 Å². The maximum absolute atomic E-state index is 13.6. The first-order valence-electron chi connectivity index (χ1n) is 33.0. The van der Waals surface area contributed by atoms with Crippen LogP contribution in [0.2, 0.25) is 0 Å². The van der Waals surface area contributed by atoms with Gasteiger partial charge in [-0.25, -0.2) is 4.57 Å². The first-order chi connectivity index (χ1) is 37.4. The molecule has 0 saturated heterocycles. The summed E-state index contributed by atoms with van der Waals surface area (Å²) in [4.78, 5) is 37.8. The molecule has 0 fully saturated rings. The summed E-state index contributed by atoms with van der Waals surface area (Å²) in [5, 5.41) is 3.06. The van der Waals surface area contributed by atoms with Crippen molar-refractivity contribution in [3.8, 4) is 0 Å². The number of nitrogens with zero attached hydrogens (tertiary/aromatic N) is 1. The highest BCUT2D eigenvalue weighted by Gasteiger charge is 2.30. The zero-order chi connectivity index (χ0) is 56.4. The average Bonchev–Trinajstić information content (AvgIpc) is 3.39. The topological polar surface area (TPSA) is 111 Å². The minimum Gasteiger partial charge on any atom is -0.456 e. The number of phosphoric ester groups is 1. The molecule has 2 N–H and O–H groups in total. The number of allylic oxidation sites excluding steroid dienone is 7. The fourth-order valence-electron chi connectivity index (χ4n) is 9.61. The lowest BCUT2D eigenvalue weighted by atomic mass is 10.0. The van der Waals surface area contributed by atoms with E-state index in [0.29, 0.717) is 23.9 Å². The van der Waals surface area contributed by atoms with Gasteiger partial charge in [-0.05, 0) is 89.5 Å². The van der Waals surface area contributed by atoms with Gasteiger partial charge < -0.3 is 19.4 Å². The van der Waals surface area contributed by atoms with E-state index in [1.54, 1.807) is 0 Å². The number of ether oxygens (including phenoxy) is 1. The number of amides is 1. The highest BCUT2D eigenvalue weighted by atomic mass is 31.2. The average molecular weight is 1100 g/mol. The lowest BCUT2D eigenvalue weighted by molar-refractivity contribution is -0.870. The summed E-state index contributed by atoms with van der Waals surface area (Å²) in [5.41, 5.74) is 0. The van der Waals surface area contributed by atoms with Crippen molar-refractivity contribution in [2.45, 2.75) is 328 Å². The van der Waals surface area contributed by atoms with Gasteiger partial charge in [-0.15, -0.1) is 0 Å². The summed E-state index contributed by atoms with van der Waals surface area (Å²) in [6.07, 6.45) is 71.1. The summed E-state index contributed by atoms with van der Waals surface area (Å²) in [5.74, 6) is -0.499. The molecule has 3 unspecified atom stereocenters. The number of quaternary nitrogens is 1. The maximum atomic E-state index is 13.6. The summed E-state index contributed by atoms with van der Waals surface area (Å²) >= 11 is 0. The maximum Gasteiger partial charge on any atom is 0.472 e. The Hall–Kier alpha value is -2.03. The SMILES string of the molecule is CCCCC/C=C\C/C=C\CCCCCCCCCCCCCC(=O)NC(COP(=O)(O)OCC[N+](C)(C)C)C(/C=C/CCCCCCCCCCC)OC(=O)CCCCCCCCCCC/C=C/CCCCCCCC. The minimum absolute atomic E-state index is 0.0402. The van der Waals surface area contributed by atoms with Gasteiger partial charge in [-0.2, -0.15) is 0 Å². The molecule has 0 saturated carbocycles. The van der Waals surface area contributed by atoms with Gasteiger partial charge in [0.2, 0.25) is 5.91 Å². The van der Waals surface area contributed by atoms with Crippen molar-refractivity contribution in [1.29, 1.82) is 0 Å². The van der Waals surface area contributed by atoms with Crippen LogP contribution < -0.4 is 5.32 Å². The van der Waals surface area contributed by atoms with Gasteiger partial charge in [0.1, 0.15) is 19.3 Å². The van der Waals surface area contributed by atoms with E-state index in [1.165, 1.54) is 218 Å². The van der Waals surface area contributed by atoms with Gasteiger partial charge >= 0.3 is 13.8 Å². The molecule has 0 aromatic carbocycles. The molecule has 0 rings (SSSR count). The lowest BCUT2D eigenvalue weighted by Crippen LogP contribution is -2.47. The summed E-state index contributed by atoms with van der Waals surface area (Å²) in [6, 6.07) is -0.849. The van der Waals surface area contributed by atoms with Gasteiger partial charge in [-0.3, -0.25) is 18.6 Å². The Bertz CT molecular complexity index is 1460. The Morgan fingerprint density at radius 3 is 1.21 bits per heavy atom. The van der Waals surface area contributed by atoms with Crippen LogP contribution in [-0.4, -0.2) is 74.3 Å². The van der Waals surface area contributed by atoms with Crippen molar-refractivity contribution >= 4 is 19.7 Å². The van der Waals surface area contributed by atoms with E-state index in [0.717, 1.165) is 64.2 Å². The molecule has 0 bridgehead atoms. The molecule has 0 aliphatic carbocycles. The molecule has 0 aromatic rings. The number of likely N-dealkylation sites (N-methyl/N-ethyl adjacent to an activating group) is 1. The summed E-state index contributed by atoms with van der Waals surface area (Å²) < 4.78 is 30.7. The number of unbranched alkanes of at least 4 members (excludes halogenated alkanes) is 38. The molecular formula is C67H128N2O7P+. The van der Waals surface area contributed by atoms with E-state index in [2.05, 4.69) is 62.5 Å². The van der Waals surface area contributed by atoms with E-state index in [9.17, 15) is 19.0 Å². The van der Waals surface area contributed by atoms with Crippen LogP contribution in [0.3, 0.4) is 0 Å². The van der Waals surface area contributed by atoms with Crippen molar-refractivity contribution < 1.29 is 37.3 Å². The zero-order valence-electron chi connectivity index (χ0n) is 51.7. The molecule has 0 aliphatic rings. The molecule has 0 radical (unpaired) electrons. The normalized spacial score (nSPS) is 13.9. The number of hydrogen-bond acceptors (Lipinski definition) is 6. The van der Waals surface area contributed by atoms with E-state index in [1.807, 2.05) is 33.3 Å². The number of nitrogens with one attached hydrogen (secondary N) is 1. The van der Waals surface area contributed by atoms with E-state index in [-0.39, 0.29) is 25.1 Å². The van der Waals surface area contributed by atoms with Crippen molar-refractivity contribution in [2.24, 2.45) is 0 Å². The van der Waals surface area contributed by atoms with Crippen LogP contribution in [0.5, 0.6) is 0 Å². The number of carbonyl (C=O) groups is 2. The van der Waals surface area contributed by atoms with Crippen LogP contribution in [-0.2, 0) is 27.9 Å². The molecule has 0 aromatic heterocycles. The number of esters is 1. The second kappa shape index (κ2) is 57.2. The van der Waals surface area contributed by atoms with E-state index in [4.69, 9.17) is 13.8 Å². The van der Waals surface area contributed by atoms with Gasteiger partial charge in [0.05, 0.1) is 33.8 Å². The third kappa shape index (κ3) is 58.4. The summed E-state index contributed by atoms with van der Waals surface area (Å²) in [6.45, 7) is 7.01. The third-order valence-electron chi connectivity index (χ3n) is 14.7. The molecule has 3 atom stereocenters. The number of rotatable bonds is 60. The predicted molar refractivity (Wildman–Crippen MR) is 332 cm³/mol. The van der Waals surface area contributed by atoms with E-state index >= 15 is 0 Å². The molecule has 452 valence electrons. The quantitative estimate of drug-likeness (QED) is 0.0205. The largest absolute Gasteiger partial charge is 0.472 e. The molecule has 0 heterocycles. The summed E-state index contributed by atoms with van der Waals surface area (Å²) in [7, 11) is 1.50. The Labute approximate surface area is 478 Å².